The summed E-state index contributed by atoms with van der Waals surface area (Å²) in [5, 5.41) is 0. The van der Waals surface area contributed by atoms with Gasteiger partial charge in [0.2, 0.25) is 5.91 Å². The average Bonchev–Trinajstić information content (AvgIpc) is 2.81. The molecule has 1 saturated heterocycles. The zero-order chi connectivity index (χ0) is 20.9. The van der Waals surface area contributed by atoms with Crippen LogP contribution in [0.3, 0.4) is 0 Å². The Bertz CT molecular complexity index is 1000. The third kappa shape index (κ3) is 4.56. The molecule has 1 aliphatic heterocycles. The van der Waals surface area contributed by atoms with Gasteiger partial charge in [-0.2, -0.15) is 0 Å². The highest BCUT2D eigenvalue weighted by Crippen LogP contribution is 2.23. The number of aromatic nitrogens is 2. The van der Waals surface area contributed by atoms with Crippen LogP contribution < -0.4 is 9.64 Å². The monoisotopic (exact) mass is 406 g/mol. The van der Waals surface area contributed by atoms with Gasteiger partial charge >= 0.3 is 0 Å². The molecular formula is C23H23FN4O2. The summed E-state index contributed by atoms with van der Waals surface area (Å²) in [5.41, 5.74) is 2.66. The van der Waals surface area contributed by atoms with E-state index >= 15 is 0 Å². The van der Waals surface area contributed by atoms with Gasteiger partial charge in [0.15, 0.2) is 0 Å². The van der Waals surface area contributed by atoms with E-state index in [0.717, 1.165) is 28.4 Å². The number of carbonyl (C=O) groups is 1. The maximum atomic E-state index is 13.0. The van der Waals surface area contributed by atoms with E-state index in [2.05, 4.69) is 14.9 Å². The van der Waals surface area contributed by atoms with Gasteiger partial charge in [-0.3, -0.25) is 4.79 Å². The fourth-order valence-corrected chi connectivity index (χ4v) is 3.51. The lowest BCUT2D eigenvalue weighted by molar-refractivity contribution is -0.130. The SMILES string of the molecule is COc1ccc(-c2cc(N3CCN(C(=O)Cc4ccc(F)cc4)CC3)ncn2)cc1. The second kappa shape index (κ2) is 8.90. The van der Waals surface area contributed by atoms with Gasteiger partial charge in [-0.05, 0) is 42.0 Å². The number of anilines is 1. The fourth-order valence-electron chi connectivity index (χ4n) is 3.51. The first-order valence-electron chi connectivity index (χ1n) is 9.86. The molecule has 1 amide bonds. The largest absolute Gasteiger partial charge is 0.497 e. The van der Waals surface area contributed by atoms with Gasteiger partial charge in [-0.1, -0.05) is 12.1 Å². The number of halogens is 1. The van der Waals surface area contributed by atoms with Gasteiger partial charge in [0.25, 0.3) is 0 Å². The van der Waals surface area contributed by atoms with Crippen LogP contribution in [0.5, 0.6) is 5.75 Å². The van der Waals surface area contributed by atoms with E-state index in [1.54, 1.807) is 25.6 Å². The van der Waals surface area contributed by atoms with Crippen molar-refractivity contribution in [1.29, 1.82) is 0 Å². The van der Waals surface area contributed by atoms with Crippen LogP contribution >= 0.6 is 0 Å². The molecule has 1 aliphatic rings. The van der Waals surface area contributed by atoms with Crippen molar-refractivity contribution in [2.45, 2.75) is 6.42 Å². The van der Waals surface area contributed by atoms with E-state index in [-0.39, 0.29) is 18.1 Å². The predicted octanol–water partition coefficient (Wildman–Crippen LogP) is 3.18. The van der Waals surface area contributed by atoms with Crippen LogP contribution in [0.25, 0.3) is 11.3 Å². The number of benzene rings is 2. The number of rotatable bonds is 5. The summed E-state index contributed by atoms with van der Waals surface area (Å²) in [7, 11) is 1.64. The van der Waals surface area contributed by atoms with Gasteiger partial charge < -0.3 is 14.5 Å². The van der Waals surface area contributed by atoms with E-state index < -0.39 is 0 Å². The molecule has 1 aromatic heterocycles. The molecule has 0 unspecified atom stereocenters. The van der Waals surface area contributed by atoms with Crippen LogP contribution in [-0.2, 0) is 11.2 Å². The number of nitrogens with zero attached hydrogens (tertiary/aromatic N) is 4. The van der Waals surface area contributed by atoms with Gasteiger partial charge in [-0.25, -0.2) is 14.4 Å². The molecule has 0 N–H and O–H groups in total. The standard InChI is InChI=1S/C23H23FN4O2/c1-30-20-8-4-18(5-9-20)21-15-22(26-16-25-21)27-10-12-28(13-11-27)23(29)14-17-2-6-19(24)7-3-17/h2-9,15-16H,10-14H2,1H3. The molecule has 30 heavy (non-hydrogen) atoms. The minimum absolute atomic E-state index is 0.0582. The van der Waals surface area contributed by atoms with Crippen LogP contribution in [-0.4, -0.2) is 54.1 Å². The van der Waals surface area contributed by atoms with Crippen LogP contribution in [0.15, 0.2) is 60.9 Å². The molecule has 1 fully saturated rings. The molecule has 0 atom stereocenters. The molecule has 0 radical (unpaired) electrons. The van der Waals surface area contributed by atoms with Crippen molar-refractivity contribution in [1.82, 2.24) is 14.9 Å². The molecule has 154 valence electrons. The first kappa shape index (κ1) is 19.8. The summed E-state index contributed by atoms with van der Waals surface area (Å²) >= 11 is 0. The molecule has 6 nitrogen and oxygen atoms in total. The molecule has 7 heteroatoms. The summed E-state index contributed by atoms with van der Waals surface area (Å²) in [6.45, 7) is 2.66. The molecule has 2 heterocycles. The number of carbonyl (C=O) groups excluding carboxylic acids is 1. The first-order valence-corrected chi connectivity index (χ1v) is 9.86. The molecule has 0 spiro atoms. The summed E-state index contributed by atoms with van der Waals surface area (Å²) in [5.74, 6) is 1.41. The minimum Gasteiger partial charge on any atom is -0.497 e. The van der Waals surface area contributed by atoms with Crippen molar-refractivity contribution in [2.24, 2.45) is 0 Å². The van der Waals surface area contributed by atoms with E-state index in [9.17, 15) is 9.18 Å². The third-order valence-electron chi connectivity index (χ3n) is 5.26. The van der Waals surface area contributed by atoms with Crippen molar-refractivity contribution < 1.29 is 13.9 Å². The van der Waals surface area contributed by atoms with Gasteiger partial charge in [0, 0.05) is 37.8 Å². The van der Waals surface area contributed by atoms with Gasteiger partial charge in [-0.15, -0.1) is 0 Å². The van der Waals surface area contributed by atoms with Crippen LogP contribution in [0.4, 0.5) is 10.2 Å². The van der Waals surface area contributed by atoms with E-state index in [1.807, 2.05) is 35.2 Å². The number of ether oxygens (including phenoxy) is 1. The maximum Gasteiger partial charge on any atom is 0.227 e. The van der Waals surface area contributed by atoms with Crippen molar-refractivity contribution in [3.05, 3.63) is 72.3 Å². The van der Waals surface area contributed by atoms with Crippen molar-refractivity contribution in [2.75, 3.05) is 38.2 Å². The molecular weight excluding hydrogens is 383 g/mol. The fraction of sp³-hybridized carbons (Fsp3) is 0.261. The lowest BCUT2D eigenvalue weighted by Crippen LogP contribution is -2.49. The lowest BCUT2D eigenvalue weighted by atomic mass is 10.1. The highest BCUT2D eigenvalue weighted by molar-refractivity contribution is 5.79. The number of piperazine rings is 1. The molecule has 0 aliphatic carbocycles. The zero-order valence-electron chi connectivity index (χ0n) is 16.8. The Morgan fingerprint density at radius 1 is 1.00 bits per heavy atom. The highest BCUT2D eigenvalue weighted by Gasteiger charge is 2.22. The van der Waals surface area contributed by atoms with Crippen molar-refractivity contribution in [3.63, 3.8) is 0 Å². The summed E-state index contributed by atoms with van der Waals surface area (Å²) in [4.78, 5) is 25.4. The minimum atomic E-state index is -0.293. The smallest absolute Gasteiger partial charge is 0.227 e. The molecule has 3 aromatic rings. The van der Waals surface area contributed by atoms with E-state index in [1.165, 1.54) is 12.1 Å². The lowest BCUT2D eigenvalue weighted by Gasteiger charge is -2.35. The quantitative estimate of drug-likeness (QED) is 0.651. The molecule has 4 rings (SSSR count). The van der Waals surface area contributed by atoms with Crippen LogP contribution in [0.2, 0.25) is 0 Å². The van der Waals surface area contributed by atoms with E-state index in [0.29, 0.717) is 26.2 Å². The van der Waals surface area contributed by atoms with E-state index in [4.69, 9.17) is 4.74 Å². The second-order valence-corrected chi connectivity index (χ2v) is 7.16. The highest BCUT2D eigenvalue weighted by atomic mass is 19.1. The Hall–Kier alpha value is -3.48. The molecule has 0 bridgehead atoms. The van der Waals surface area contributed by atoms with Crippen LogP contribution in [0.1, 0.15) is 5.56 Å². The third-order valence-corrected chi connectivity index (χ3v) is 5.26. The van der Waals surface area contributed by atoms with Crippen molar-refractivity contribution >= 4 is 11.7 Å². The van der Waals surface area contributed by atoms with Crippen molar-refractivity contribution in [3.8, 4) is 17.0 Å². The molecule has 0 saturated carbocycles. The number of hydrogen-bond donors (Lipinski definition) is 0. The first-order chi connectivity index (χ1) is 14.6. The summed E-state index contributed by atoms with van der Waals surface area (Å²) in [6.07, 6.45) is 1.86. The summed E-state index contributed by atoms with van der Waals surface area (Å²) < 4.78 is 18.2. The van der Waals surface area contributed by atoms with Gasteiger partial charge in [0.05, 0.1) is 19.2 Å². The number of methoxy groups -OCH3 is 1. The summed E-state index contributed by atoms with van der Waals surface area (Å²) in [6, 6.07) is 15.8. The Balaban J connectivity index is 1.37. The normalized spacial score (nSPS) is 13.9. The van der Waals surface area contributed by atoms with Crippen LogP contribution in [0, 0.1) is 5.82 Å². The maximum absolute atomic E-state index is 13.0. The topological polar surface area (TPSA) is 58.6 Å². The second-order valence-electron chi connectivity index (χ2n) is 7.16. The predicted molar refractivity (Wildman–Crippen MR) is 113 cm³/mol. The number of hydrogen-bond acceptors (Lipinski definition) is 5. The average molecular weight is 406 g/mol. The molecule has 2 aromatic carbocycles. The zero-order valence-corrected chi connectivity index (χ0v) is 16.8. The Labute approximate surface area is 174 Å². The Morgan fingerprint density at radius 3 is 2.37 bits per heavy atom. The Morgan fingerprint density at radius 2 is 1.70 bits per heavy atom. The number of amides is 1. The Kier molecular flexibility index (Phi) is 5.88. The van der Waals surface area contributed by atoms with Gasteiger partial charge in [0.1, 0.15) is 23.7 Å².